The fourth-order valence-electron chi connectivity index (χ4n) is 4.39. The van der Waals surface area contributed by atoms with E-state index in [-0.39, 0.29) is 11.3 Å². The van der Waals surface area contributed by atoms with Crippen LogP contribution in [0.1, 0.15) is 44.0 Å². The number of carbonyl (C=O) groups excluding carboxylic acids is 1. The number of nitrogens with one attached hydrogen (secondary N) is 1. The molecule has 2 heterocycles. The van der Waals surface area contributed by atoms with Crippen LogP contribution in [0.25, 0.3) is 0 Å². The van der Waals surface area contributed by atoms with E-state index in [4.69, 9.17) is 11.6 Å². The molecule has 150 valence electrons. The molecule has 1 aliphatic heterocycles. The van der Waals surface area contributed by atoms with Crippen LogP contribution < -0.4 is 5.32 Å². The highest BCUT2D eigenvalue weighted by Crippen LogP contribution is 2.48. The van der Waals surface area contributed by atoms with Crippen LogP contribution in [0, 0.1) is 5.92 Å². The summed E-state index contributed by atoms with van der Waals surface area (Å²) >= 11 is 6.00. The van der Waals surface area contributed by atoms with E-state index in [1.807, 2.05) is 36.7 Å². The summed E-state index contributed by atoms with van der Waals surface area (Å²) in [6, 6.07) is 7.74. The van der Waals surface area contributed by atoms with Gasteiger partial charge in [0.1, 0.15) is 5.82 Å². The third-order valence-corrected chi connectivity index (χ3v) is 6.50. The van der Waals surface area contributed by atoms with Crippen LogP contribution in [-0.2, 0) is 23.3 Å². The second kappa shape index (κ2) is 8.26. The second-order valence-electron chi connectivity index (χ2n) is 8.17. The Kier molecular flexibility index (Phi) is 5.74. The van der Waals surface area contributed by atoms with Crippen molar-refractivity contribution < 1.29 is 4.79 Å². The molecule has 4 rings (SSSR count). The van der Waals surface area contributed by atoms with Crippen molar-refractivity contribution in [3.63, 3.8) is 0 Å². The van der Waals surface area contributed by atoms with Gasteiger partial charge in [-0.2, -0.15) is 0 Å². The molecule has 1 aliphatic carbocycles. The lowest BCUT2D eigenvalue weighted by Crippen LogP contribution is -2.43. The molecule has 1 N–H and O–H groups in total. The number of likely N-dealkylation sites (tertiary alicyclic amines) is 1. The molecule has 5 nitrogen and oxygen atoms in total. The molecule has 0 radical (unpaired) electrons. The Bertz CT molecular complexity index is 812. The fourth-order valence-corrected chi connectivity index (χ4v) is 4.51. The van der Waals surface area contributed by atoms with Crippen LogP contribution in [0.2, 0.25) is 5.02 Å². The van der Waals surface area contributed by atoms with E-state index in [0.717, 1.165) is 57.0 Å². The Balaban J connectivity index is 1.31. The highest BCUT2D eigenvalue weighted by atomic mass is 35.5. The molecule has 2 aromatic rings. The van der Waals surface area contributed by atoms with Gasteiger partial charge in [-0.3, -0.25) is 9.69 Å². The molecule has 2 aliphatic rings. The van der Waals surface area contributed by atoms with Crippen molar-refractivity contribution in [3.05, 3.63) is 53.1 Å². The predicted octanol–water partition coefficient (Wildman–Crippen LogP) is 3.62. The van der Waals surface area contributed by atoms with Gasteiger partial charge in [-0.05, 0) is 62.8 Å². The maximum Gasteiger partial charge on any atom is 0.230 e. The topological polar surface area (TPSA) is 50.2 Å². The summed E-state index contributed by atoms with van der Waals surface area (Å²) in [6.45, 7) is 6.87. The number of amides is 1. The van der Waals surface area contributed by atoms with Crippen molar-refractivity contribution in [2.24, 2.45) is 5.92 Å². The number of hydrogen-bond acceptors (Lipinski definition) is 3. The minimum Gasteiger partial charge on any atom is -0.355 e. The van der Waals surface area contributed by atoms with Gasteiger partial charge in [0.2, 0.25) is 5.91 Å². The van der Waals surface area contributed by atoms with Gasteiger partial charge in [0.05, 0.1) is 12.0 Å². The molecule has 2 fully saturated rings. The summed E-state index contributed by atoms with van der Waals surface area (Å²) in [5.41, 5.74) is 0.760. The van der Waals surface area contributed by atoms with E-state index < -0.39 is 0 Å². The quantitative estimate of drug-likeness (QED) is 0.772. The molecular weight excluding hydrogens is 372 g/mol. The molecule has 0 spiro atoms. The molecule has 1 aromatic heterocycles. The van der Waals surface area contributed by atoms with Gasteiger partial charge >= 0.3 is 0 Å². The van der Waals surface area contributed by atoms with Crippen molar-refractivity contribution in [1.82, 2.24) is 19.8 Å². The van der Waals surface area contributed by atoms with Crippen LogP contribution in [-0.4, -0.2) is 40.0 Å². The Morgan fingerprint density at radius 1 is 1.32 bits per heavy atom. The lowest BCUT2D eigenvalue weighted by molar-refractivity contribution is -0.123. The van der Waals surface area contributed by atoms with Gasteiger partial charge in [0.25, 0.3) is 0 Å². The largest absolute Gasteiger partial charge is 0.355 e. The number of benzene rings is 1. The van der Waals surface area contributed by atoms with Gasteiger partial charge in [-0.1, -0.05) is 23.7 Å². The van der Waals surface area contributed by atoms with E-state index in [2.05, 4.69) is 26.7 Å². The maximum atomic E-state index is 12.9. The summed E-state index contributed by atoms with van der Waals surface area (Å²) in [7, 11) is 0. The monoisotopic (exact) mass is 400 g/mol. The fraction of sp³-hybridized carbons (Fsp3) is 0.545. The average molecular weight is 401 g/mol. The van der Waals surface area contributed by atoms with Crippen LogP contribution in [0.5, 0.6) is 0 Å². The van der Waals surface area contributed by atoms with E-state index in [1.54, 1.807) is 0 Å². The minimum atomic E-state index is -0.329. The number of imidazole rings is 1. The summed E-state index contributed by atoms with van der Waals surface area (Å²) in [6.07, 6.45) is 8.13. The zero-order chi connectivity index (χ0) is 19.6. The number of halogens is 1. The van der Waals surface area contributed by atoms with Gasteiger partial charge in [-0.15, -0.1) is 0 Å². The smallest absolute Gasteiger partial charge is 0.230 e. The summed E-state index contributed by atoms with van der Waals surface area (Å²) in [4.78, 5) is 19.9. The Labute approximate surface area is 172 Å². The van der Waals surface area contributed by atoms with Crippen molar-refractivity contribution >= 4 is 17.5 Å². The van der Waals surface area contributed by atoms with Gasteiger partial charge in [0, 0.05) is 37.1 Å². The second-order valence-corrected chi connectivity index (χ2v) is 8.61. The van der Waals surface area contributed by atoms with E-state index in [0.29, 0.717) is 10.9 Å². The molecule has 28 heavy (non-hydrogen) atoms. The Hall–Kier alpha value is -1.85. The molecule has 6 heteroatoms. The predicted molar refractivity (Wildman–Crippen MR) is 111 cm³/mol. The van der Waals surface area contributed by atoms with E-state index in [9.17, 15) is 4.79 Å². The van der Waals surface area contributed by atoms with Crippen molar-refractivity contribution in [1.29, 1.82) is 0 Å². The Morgan fingerprint density at radius 2 is 2.11 bits per heavy atom. The number of carbonyl (C=O) groups is 1. The molecule has 1 aromatic carbocycles. The van der Waals surface area contributed by atoms with Gasteiger partial charge in [-0.25, -0.2) is 4.98 Å². The van der Waals surface area contributed by atoms with Crippen LogP contribution in [0.3, 0.4) is 0 Å². The van der Waals surface area contributed by atoms with Crippen molar-refractivity contribution in [3.8, 4) is 0 Å². The molecule has 1 saturated carbocycles. The van der Waals surface area contributed by atoms with Crippen molar-refractivity contribution in [2.75, 3.05) is 19.6 Å². The summed E-state index contributed by atoms with van der Waals surface area (Å²) < 4.78 is 2.20. The highest BCUT2D eigenvalue weighted by molar-refractivity contribution is 6.30. The normalized spacial score (nSPS) is 21.4. The zero-order valence-electron chi connectivity index (χ0n) is 16.5. The number of nitrogens with zero attached hydrogens (tertiary/aromatic N) is 3. The van der Waals surface area contributed by atoms with E-state index >= 15 is 0 Å². The zero-order valence-corrected chi connectivity index (χ0v) is 17.3. The van der Waals surface area contributed by atoms with Gasteiger partial charge < -0.3 is 9.88 Å². The highest BCUT2D eigenvalue weighted by Gasteiger charge is 2.51. The minimum absolute atomic E-state index is 0.175. The number of rotatable bonds is 7. The standard InChI is InChI=1S/C22H29ClN4O/c1-2-27-13-11-24-20(27)16-26-12-3-4-17(15-26)14-25-21(28)22(9-10-22)18-5-7-19(23)8-6-18/h5-8,11,13,17H,2-4,9-10,12,14-16H2,1H3,(H,25,28)/t17-/m1/s1. The molecule has 1 amide bonds. The molecule has 1 saturated heterocycles. The molecule has 0 unspecified atom stereocenters. The Morgan fingerprint density at radius 3 is 2.82 bits per heavy atom. The lowest BCUT2D eigenvalue weighted by Gasteiger charge is -2.33. The number of aryl methyl sites for hydroxylation is 1. The van der Waals surface area contributed by atoms with Crippen LogP contribution in [0.4, 0.5) is 0 Å². The number of hydrogen-bond donors (Lipinski definition) is 1. The van der Waals surface area contributed by atoms with Crippen LogP contribution in [0.15, 0.2) is 36.7 Å². The molecule has 1 atom stereocenters. The molecule has 0 bridgehead atoms. The molecular formula is C22H29ClN4O. The first-order valence-electron chi connectivity index (χ1n) is 10.4. The first-order chi connectivity index (χ1) is 13.6. The first kappa shape index (κ1) is 19.5. The third kappa shape index (κ3) is 4.11. The lowest BCUT2D eigenvalue weighted by atomic mass is 9.93. The number of piperidine rings is 1. The van der Waals surface area contributed by atoms with Gasteiger partial charge in [0.15, 0.2) is 0 Å². The average Bonchev–Trinajstić information content (AvgIpc) is 3.40. The number of aromatic nitrogens is 2. The van der Waals surface area contributed by atoms with Crippen molar-refractivity contribution in [2.45, 2.75) is 51.1 Å². The van der Waals surface area contributed by atoms with Crippen LogP contribution >= 0.6 is 11.6 Å². The maximum absolute atomic E-state index is 12.9. The van der Waals surface area contributed by atoms with E-state index in [1.165, 1.54) is 12.8 Å². The summed E-state index contributed by atoms with van der Waals surface area (Å²) in [5.74, 6) is 1.81. The first-order valence-corrected chi connectivity index (χ1v) is 10.8. The summed E-state index contributed by atoms with van der Waals surface area (Å²) in [5, 5.41) is 3.96. The third-order valence-electron chi connectivity index (χ3n) is 6.24. The SMILES string of the molecule is CCn1ccnc1CN1CCC[C@H](CNC(=O)C2(c3ccc(Cl)cc3)CC2)C1.